The summed E-state index contributed by atoms with van der Waals surface area (Å²) in [5, 5.41) is 8.73. The van der Waals surface area contributed by atoms with Gasteiger partial charge in [0.2, 0.25) is 0 Å². The number of hydrogen-bond acceptors (Lipinski definition) is 6. The molecule has 0 saturated carbocycles. The molecule has 2 heterocycles. The average Bonchev–Trinajstić information content (AvgIpc) is 2.48. The lowest BCUT2D eigenvalue weighted by Gasteiger charge is -1.91. The average molecular weight is 196 g/mol. The summed E-state index contributed by atoms with van der Waals surface area (Å²) in [7, 11) is 0. The Balaban J connectivity index is 2.83. The van der Waals surface area contributed by atoms with Crippen molar-refractivity contribution in [3.05, 3.63) is 11.2 Å². The molecule has 13 heavy (non-hydrogen) atoms. The van der Waals surface area contributed by atoms with E-state index < -0.39 is 5.97 Å². The molecule has 6 nitrogen and oxygen atoms in total. The van der Waals surface area contributed by atoms with Crippen molar-refractivity contribution in [1.29, 1.82) is 0 Å². The van der Waals surface area contributed by atoms with E-state index in [0.29, 0.717) is 11.0 Å². The summed E-state index contributed by atoms with van der Waals surface area (Å²) >= 11 is 0.853. The van der Waals surface area contributed by atoms with Crippen LogP contribution < -0.4 is 5.73 Å². The molecule has 0 amide bonds. The number of nitrogens with zero attached hydrogens (tertiary/aromatic N) is 3. The van der Waals surface area contributed by atoms with Crippen LogP contribution in [0.15, 0.2) is 6.33 Å². The van der Waals surface area contributed by atoms with E-state index in [1.165, 1.54) is 6.33 Å². The first-order valence-corrected chi connectivity index (χ1v) is 4.06. The number of fused-ring (bicyclic) bond motifs is 1. The number of carbonyl (C=O) groups is 1. The van der Waals surface area contributed by atoms with Gasteiger partial charge in [-0.15, -0.1) is 0 Å². The minimum Gasteiger partial charge on any atom is -0.477 e. The van der Waals surface area contributed by atoms with Gasteiger partial charge in [0.15, 0.2) is 10.7 Å². The fraction of sp³-hybridized carbons (Fsp3) is 0. The van der Waals surface area contributed by atoms with Gasteiger partial charge in [-0.25, -0.2) is 14.8 Å². The van der Waals surface area contributed by atoms with Crippen LogP contribution in [0, 0.1) is 0 Å². The van der Waals surface area contributed by atoms with Gasteiger partial charge >= 0.3 is 5.97 Å². The van der Waals surface area contributed by atoms with Gasteiger partial charge in [-0.1, -0.05) is 0 Å². The standard InChI is InChI=1S/C6H4N4O2S/c7-5-3-2(8-1-9-5)4(6(11)12)13-10-3/h1H,(H,11,12)(H2,7,8,9). The Morgan fingerprint density at radius 2 is 2.23 bits per heavy atom. The van der Waals surface area contributed by atoms with E-state index in [1.807, 2.05) is 0 Å². The van der Waals surface area contributed by atoms with Crippen molar-refractivity contribution in [3.8, 4) is 0 Å². The molecule has 66 valence electrons. The second-order valence-electron chi connectivity index (χ2n) is 2.27. The predicted molar refractivity (Wildman–Crippen MR) is 46.6 cm³/mol. The van der Waals surface area contributed by atoms with Crippen LogP contribution in [0.3, 0.4) is 0 Å². The van der Waals surface area contributed by atoms with Gasteiger partial charge in [-0.3, -0.25) is 0 Å². The SMILES string of the molecule is Nc1ncnc2c(C(=O)O)snc12. The third kappa shape index (κ3) is 1.09. The minimum atomic E-state index is -1.05. The molecule has 0 saturated heterocycles. The molecule has 3 N–H and O–H groups in total. The number of rotatable bonds is 1. The van der Waals surface area contributed by atoms with Crippen LogP contribution in [0.1, 0.15) is 9.67 Å². The smallest absolute Gasteiger partial charge is 0.349 e. The number of nitrogen functional groups attached to an aromatic ring is 1. The van der Waals surface area contributed by atoms with E-state index in [9.17, 15) is 4.79 Å². The van der Waals surface area contributed by atoms with E-state index in [1.54, 1.807) is 0 Å². The molecule has 0 aliphatic heterocycles. The Morgan fingerprint density at radius 3 is 2.92 bits per heavy atom. The molecule has 0 bridgehead atoms. The highest BCUT2D eigenvalue weighted by molar-refractivity contribution is 7.09. The summed E-state index contributed by atoms with van der Waals surface area (Å²) in [6.07, 6.45) is 1.22. The van der Waals surface area contributed by atoms with E-state index >= 15 is 0 Å². The molecule has 7 heteroatoms. The quantitative estimate of drug-likeness (QED) is 0.683. The van der Waals surface area contributed by atoms with Crippen molar-refractivity contribution in [1.82, 2.24) is 14.3 Å². The van der Waals surface area contributed by atoms with Gasteiger partial charge in [-0.2, -0.15) is 4.37 Å². The summed E-state index contributed by atoms with van der Waals surface area (Å²) in [4.78, 5) is 18.2. The molecule has 0 unspecified atom stereocenters. The Labute approximate surface area is 76.2 Å². The van der Waals surface area contributed by atoms with E-state index in [2.05, 4.69) is 14.3 Å². The van der Waals surface area contributed by atoms with Crippen molar-refractivity contribution in [3.63, 3.8) is 0 Å². The second-order valence-corrected chi connectivity index (χ2v) is 3.05. The number of aromatic carboxylic acids is 1. The summed E-state index contributed by atoms with van der Waals surface area (Å²) < 4.78 is 3.85. The topological polar surface area (TPSA) is 102 Å². The van der Waals surface area contributed by atoms with E-state index in [0.717, 1.165) is 11.5 Å². The largest absolute Gasteiger partial charge is 0.477 e. The monoisotopic (exact) mass is 196 g/mol. The first-order chi connectivity index (χ1) is 6.20. The van der Waals surface area contributed by atoms with Crippen LogP contribution in [0.2, 0.25) is 0 Å². The Hall–Kier alpha value is -1.76. The summed E-state index contributed by atoms with van der Waals surface area (Å²) in [5.74, 6) is -0.848. The Morgan fingerprint density at radius 1 is 1.46 bits per heavy atom. The maximum atomic E-state index is 10.7. The molecule has 0 aliphatic carbocycles. The molecule has 0 aliphatic rings. The fourth-order valence-electron chi connectivity index (χ4n) is 0.923. The van der Waals surface area contributed by atoms with Crippen molar-refractivity contribution in [2.45, 2.75) is 0 Å². The van der Waals surface area contributed by atoms with Crippen LogP contribution in [-0.2, 0) is 0 Å². The maximum Gasteiger partial charge on any atom is 0.349 e. The highest BCUT2D eigenvalue weighted by atomic mass is 32.1. The molecule has 2 rings (SSSR count). The zero-order chi connectivity index (χ0) is 9.42. The highest BCUT2D eigenvalue weighted by Crippen LogP contribution is 2.22. The van der Waals surface area contributed by atoms with Crippen LogP contribution in [0.4, 0.5) is 5.82 Å². The number of hydrogen-bond donors (Lipinski definition) is 2. The van der Waals surface area contributed by atoms with E-state index in [-0.39, 0.29) is 10.7 Å². The molecular weight excluding hydrogens is 192 g/mol. The zero-order valence-electron chi connectivity index (χ0n) is 6.26. The predicted octanol–water partition coefficient (Wildman–Crippen LogP) is 0.367. The van der Waals surface area contributed by atoms with Crippen molar-refractivity contribution in [2.75, 3.05) is 5.73 Å². The summed E-state index contributed by atoms with van der Waals surface area (Å²) in [6, 6.07) is 0. The van der Waals surface area contributed by atoms with Crippen molar-refractivity contribution >= 4 is 34.4 Å². The van der Waals surface area contributed by atoms with Gasteiger partial charge in [0.25, 0.3) is 0 Å². The fourth-order valence-corrected chi connectivity index (χ4v) is 1.60. The number of nitrogens with two attached hydrogens (primary N) is 1. The maximum absolute atomic E-state index is 10.7. The molecule has 2 aromatic heterocycles. The minimum absolute atomic E-state index is 0.0871. The molecule has 2 aromatic rings. The first-order valence-electron chi connectivity index (χ1n) is 3.29. The van der Waals surface area contributed by atoms with Crippen LogP contribution in [0.25, 0.3) is 11.0 Å². The number of anilines is 1. The lowest BCUT2D eigenvalue weighted by molar-refractivity contribution is 0.0704. The Bertz CT molecular complexity index is 480. The molecule has 0 aromatic carbocycles. The second kappa shape index (κ2) is 2.63. The summed E-state index contributed by atoms with van der Waals surface area (Å²) in [6.45, 7) is 0. The lowest BCUT2D eigenvalue weighted by atomic mass is 10.3. The third-order valence-corrected chi connectivity index (χ3v) is 2.31. The third-order valence-electron chi connectivity index (χ3n) is 1.49. The first kappa shape index (κ1) is 7.87. The van der Waals surface area contributed by atoms with Gasteiger partial charge < -0.3 is 10.8 Å². The van der Waals surface area contributed by atoms with Gasteiger partial charge in [0, 0.05) is 0 Å². The molecular formula is C6H4N4O2S. The summed E-state index contributed by atoms with van der Waals surface area (Å²) in [5.41, 5.74) is 6.12. The van der Waals surface area contributed by atoms with E-state index in [4.69, 9.17) is 10.8 Å². The van der Waals surface area contributed by atoms with Gasteiger partial charge in [-0.05, 0) is 11.5 Å². The van der Waals surface area contributed by atoms with Crippen LogP contribution >= 0.6 is 11.5 Å². The lowest BCUT2D eigenvalue weighted by Crippen LogP contribution is -1.96. The van der Waals surface area contributed by atoms with Crippen molar-refractivity contribution in [2.24, 2.45) is 0 Å². The van der Waals surface area contributed by atoms with Crippen molar-refractivity contribution < 1.29 is 9.90 Å². The van der Waals surface area contributed by atoms with Crippen LogP contribution in [0.5, 0.6) is 0 Å². The Kier molecular flexibility index (Phi) is 1.59. The number of aromatic nitrogens is 3. The molecule has 0 atom stereocenters. The molecule has 0 fully saturated rings. The van der Waals surface area contributed by atoms with Gasteiger partial charge in [0.1, 0.15) is 17.4 Å². The molecule has 0 spiro atoms. The number of carboxylic acids is 1. The number of carboxylic acid groups (broad SMARTS) is 1. The highest BCUT2D eigenvalue weighted by Gasteiger charge is 2.15. The normalized spacial score (nSPS) is 10.5. The zero-order valence-corrected chi connectivity index (χ0v) is 7.08. The van der Waals surface area contributed by atoms with Gasteiger partial charge in [0.05, 0.1) is 0 Å². The molecule has 0 radical (unpaired) electrons. The van der Waals surface area contributed by atoms with Crippen LogP contribution in [-0.4, -0.2) is 25.4 Å².